The van der Waals surface area contributed by atoms with Gasteiger partial charge in [-0.15, -0.1) is 10.2 Å². The Morgan fingerprint density at radius 3 is 3.04 bits per heavy atom. The minimum absolute atomic E-state index is 0.0268. The van der Waals surface area contributed by atoms with Gasteiger partial charge in [-0.3, -0.25) is 14.0 Å². The molecule has 2 N–H and O–H groups in total. The number of carbonyl (C=O) groups excluding carboxylic acids is 2. The monoisotopic (exact) mass is 333 g/mol. The summed E-state index contributed by atoms with van der Waals surface area (Å²) in [5.74, 6) is 1.42. The van der Waals surface area contributed by atoms with Gasteiger partial charge in [0, 0.05) is 24.9 Å². The fraction of sp³-hybridized carbons (Fsp3) is 0.467. The second kappa shape index (κ2) is 6.99. The van der Waals surface area contributed by atoms with Gasteiger partial charge in [0.1, 0.15) is 0 Å². The molecule has 0 aromatic carbocycles. The molecule has 2 aromatic heterocycles. The molecule has 3 rings (SSSR count). The van der Waals surface area contributed by atoms with Crippen molar-refractivity contribution in [2.24, 2.45) is 5.73 Å². The summed E-state index contributed by atoms with van der Waals surface area (Å²) in [4.78, 5) is 25.1. The predicted octanol–water partition coefficient (Wildman–Crippen LogP) is 1.00. The second-order valence-corrected chi connectivity index (χ2v) is 6.61. The fourth-order valence-electron chi connectivity index (χ4n) is 2.90. The van der Waals surface area contributed by atoms with Crippen LogP contribution in [0.5, 0.6) is 0 Å². The Hall–Kier alpha value is -2.09. The van der Waals surface area contributed by atoms with E-state index >= 15 is 0 Å². The largest absolute Gasteiger partial charge is 0.369 e. The maximum absolute atomic E-state index is 12.5. The van der Waals surface area contributed by atoms with Crippen molar-refractivity contribution in [1.29, 1.82) is 0 Å². The van der Waals surface area contributed by atoms with E-state index in [1.165, 1.54) is 11.8 Å². The van der Waals surface area contributed by atoms with Crippen molar-refractivity contribution in [2.75, 3.05) is 18.1 Å². The quantitative estimate of drug-likeness (QED) is 0.796. The van der Waals surface area contributed by atoms with E-state index < -0.39 is 0 Å². The minimum Gasteiger partial charge on any atom is -0.369 e. The third-order valence-corrected chi connectivity index (χ3v) is 4.90. The first kappa shape index (κ1) is 15.8. The van der Waals surface area contributed by atoms with Gasteiger partial charge in [-0.05, 0) is 25.0 Å². The van der Waals surface area contributed by atoms with Crippen LogP contribution in [-0.4, -0.2) is 49.4 Å². The van der Waals surface area contributed by atoms with E-state index in [0.29, 0.717) is 12.2 Å². The first-order valence-corrected chi connectivity index (χ1v) is 8.77. The van der Waals surface area contributed by atoms with Crippen LogP contribution in [0.3, 0.4) is 0 Å². The Morgan fingerprint density at radius 1 is 1.35 bits per heavy atom. The van der Waals surface area contributed by atoms with Crippen molar-refractivity contribution in [3.8, 4) is 0 Å². The number of fused-ring (bicyclic) bond motifs is 1. The highest BCUT2D eigenvalue weighted by Crippen LogP contribution is 2.31. The van der Waals surface area contributed by atoms with Crippen molar-refractivity contribution in [2.45, 2.75) is 25.3 Å². The Bertz CT molecular complexity index is 717. The normalized spacial score (nSPS) is 17.7. The molecule has 2 aromatic rings. The zero-order valence-electron chi connectivity index (χ0n) is 12.7. The number of primary amides is 1. The molecule has 0 aliphatic carbocycles. The van der Waals surface area contributed by atoms with E-state index in [0.717, 1.165) is 30.9 Å². The molecule has 0 bridgehead atoms. The molecule has 2 amide bonds. The number of hydrogen-bond acceptors (Lipinski definition) is 5. The molecule has 3 heterocycles. The molecule has 1 fully saturated rings. The number of pyridine rings is 1. The van der Waals surface area contributed by atoms with Gasteiger partial charge in [0.05, 0.1) is 11.8 Å². The van der Waals surface area contributed by atoms with Crippen LogP contribution in [-0.2, 0) is 9.59 Å². The molecule has 1 saturated heterocycles. The standard InChI is InChI=1S/C15H19N5O2S/c16-12(21)10-23-9-6-14(22)19-8-3-4-11(19)15-18-17-13-5-1-2-7-20(13)15/h1-2,5,7,11H,3-4,6,8-10H2,(H2,16,21). The van der Waals surface area contributed by atoms with Gasteiger partial charge >= 0.3 is 0 Å². The topological polar surface area (TPSA) is 93.6 Å². The molecule has 0 spiro atoms. The van der Waals surface area contributed by atoms with E-state index in [2.05, 4.69) is 10.2 Å². The molecule has 8 heteroatoms. The third kappa shape index (κ3) is 3.47. The number of thioether (sulfide) groups is 1. The maximum atomic E-state index is 12.5. The highest BCUT2D eigenvalue weighted by Gasteiger charge is 2.32. The van der Waals surface area contributed by atoms with Crippen LogP contribution in [0.2, 0.25) is 0 Å². The van der Waals surface area contributed by atoms with Crippen LogP contribution >= 0.6 is 11.8 Å². The molecule has 0 radical (unpaired) electrons. The molecule has 23 heavy (non-hydrogen) atoms. The summed E-state index contributed by atoms with van der Waals surface area (Å²) in [7, 11) is 0. The summed E-state index contributed by atoms with van der Waals surface area (Å²) < 4.78 is 1.94. The minimum atomic E-state index is -0.351. The number of likely N-dealkylation sites (tertiary alicyclic amines) is 1. The van der Waals surface area contributed by atoms with Crippen molar-refractivity contribution in [3.05, 3.63) is 30.2 Å². The number of rotatable bonds is 6. The zero-order valence-corrected chi connectivity index (χ0v) is 13.5. The lowest BCUT2D eigenvalue weighted by molar-refractivity contribution is -0.131. The first-order chi connectivity index (χ1) is 11.2. The molecular formula is C15H19N5O2S. The summed E-state index contributed by atoms with van der Waals surface area (Å²) in [6, 6.07) is 5.72. The van der Waals surface area contributed by atoms with Gasteiger partial charge < -0.3 is 10.6 Å². The second-order valence-electron chi connectivity index (χ2n) is 5.50. The Labute approximate surface area is 138 Å². The molecule has 1 atom stereocenters. The predicted molar refractivity (Wildman–Crippen MR) is 87.8 cm³/mol. The summed E-state index contributed by atoms with van der Waals surface area (Å²) in [5, 5.41) is 8.45. The molecule has 122 valence electrons. The Kier molecular flexibility index (Phi) is 4.80. The number of aromatic nitrogens is 3. The van der Waals surface area contributed by atoms with Crippen LogP contribution in [0.4, 0.5) is 0 Å². The van der Waals surface area contributed by atoms with Crippen molar-refractivity contribution in [1.82, 2.24) is 19.5 Å². The van der Waals surface area contributed by atoms with Crippen LogP contribution in [0.15, 0.2) is 24.4 Å². The van der Waals surface area contributed by atoms with Gasteiger partial charge in [-0.25, -0.2) is 0 Å². The molecule has 1 unspecified atom stereocenters. The van der Waals surface area contributed by atoms with E-state index in [1.807, 2.05) is 33.7 Å². The summed E-state index contributed by atoms with van der Waals surface area (Å²) in [6.45, 7) is 0.742. The highest BCUT2D eigenvalue weighted by atomic mass is 32.2. The van der Waals surface area contributed by atoms with Crippen LogP contribution in [0.1, 0.15) is 31.1 Å². The number of nitrogens with two attached hydrogens (primary N) is 1. The summed E-state index contributed by atoms with van der Waals surface area (Å²) in [5.41, 5.74) is 5.89. The number of carbonyl (C=O) groups is 2. The lowest BCUT2D eigenvalue weighted by atomic mass is 10.2. The molecule has 1 aliphatic heterocycles. The Morgan fingerprint density at radius 2 is 2.22 bits per heavy atom. The highest BCUT2D eigenvalue weighted by molar-refractivity contribution is 7.99. The zero-order chi connectivity index (χ0) is 16.2. The van der Waals surface area contributed by atoms with Crippen LogP contribution in [0, 0.1) is 0 Å². The maximum Gasteiger partial charge on any atom is 0.227 e. The molecular weight excluding hydrogens is 314 g/mol. The van der Waals surface area contributed by atoms with Crippen molar-refractivity contribution >= 4 is 29.2 Å². The van der Waals surface area contributed by atoms with E-state index in [9.17, 15) is 9.59 Å². The number of nitrogens with zero attached hydrogens (tertiary/aromatic N) is 4. The van der Waals surface area contributed by atoms with Gasteiger partial charge in [-0.2, -0.15) is 11.8 Å². The average molecular weight is 333 g/mol. The summed E-state index contributed by atoms with van der Waals surface area (Å²) in [6.07, 6.45) is 4.20. The van der Waals surface area contributed by atoms with E-state index in [-0.39, 0.29) is 23.6 Å². The van der Waals surface area contributed by atoms with Gasteiger partial charge in [-0.1, -0.05) is 6.07 Å². The Balaban J connectivity index is 1.68. The van der Waals surface area contributed by atoms with E-state index in [4.69, 9.17) is 5.73 Å². The lowest BCUT2D eigenvalue weighted by Gasteiger charge is -2.23. The number of hydrogen-bond donors (Lipinski definition) is 1. The van der Waals surface area contributed by atoms with Gasteiger partial charge in [0.2, 0.25) is 11.8 Å². The van der Waals surface area contributed by atoms with E-state index in [1.54, 1.807) is 0 Å². The third-order valence-electron chi connectivity index (χ3n) is 3.92. The molecule has 0 saturated carbocycles. The smallest absolute Gasteiger partial charge is 0.227 e. The van der Waals surface area contributed by atoms with Gasteiger partial charge in [0.25, 0.3) is 0 Å². The van der Waals surface area contributed by atoms with Crippen LogP contribution in [0.25, 0.3) is 5.65 Å². The lowest BCUT2D eigenvalue weighted by Crippen LogP contribution is -2.31. The molecule has 1 aliphatic rings. The van der Waals surface area contributed by atoms with Crippen molar-refractivity contribution < 1.29 is 9.59 Å². The first-order valence-electron chi connectivity index (χ1n) is 7.62. The average Bonchev–Trinajstić information content (AvgIpc) is 3.17. The fourth-order valence-corrected chi connectivity index (χ4v) is 3.56. The SMILES string of the molecule is NC(=O)CSCCC(=O)N1CCCC1c1nnc2ccccn12. The van der Waals surface area contributed by atoms with Crippen LogP contribution < -0.4 is 5.73 Å². The van der Waals surface area contributed by atoms with Gasteiger partial charge in [0.15, 0.2) is 11.5 Å². The molecule has 7 nitrogen and oxygen atoms in total. The van der Waals surface area contributed by atoms with Crippen molar-refractivity contribution in [3.63, 3.8) is 0 Å². The summed E-state index contributed by atoms with van der Waals surface area (Å²) >= 11 is 1.39. The number of amides is 2.